The van der Waals surface area contributed by atoms with E-state index in [1.165, 1.54) is 0 Å². The van der Waals surface area contributed by atoms with Crippen LogP contribution in [0.25, 0.3) is 0 Å². The van der Waals surface area contributed by atoms with Crippen molar-refractivity contribution in [2.75, 3.05) is 11.4 Å². The summed E-state index contributed by atoms with van der Waals surface area (Å²) in [4.78, 5) is 28.0. The first-order chi connectivity index (χ1) is 12.5. The second-order valence-electron chi connectivity index (χ2n) is 7.00. The lowest BCUT2D eigenvalue weighted by atomic mass is 9.71. The minimum absolute atomic E-state index is 0.146. The molecule has 0 radical (unpaired) electrons. The molecule has 134 valence electrons. The number of Topliss-reactive ketones (excluding diaryl/α,β-unsaturated/α-hetero) is 1. The van der Waals surface area contributed by atoms with Crippen LogP contribution < -0.4 is 4.90 Å². The molecule has 1 N–H and O–H groups in total. The van der Waals surface area contributed by atoms with Gasteiger partial charge in [0.1, 0.15) is 0 Å². The molecule has 0 unspecified atom stereocenters. The van der Waals surface area contributed by atoms with E-state index in [2.05, 4.69) is 15.9 Å². The van der Waals surface area contributed by atoms with Crippen molar-refractivity contribution in [3.63, 3.8) is 0 Å². The Balaban J connectivity index is 1.85. The van der Waals surface area contributed by atoms with Gasteiger partial charge in [-0.3, -0.25) is 9.59 Å². The third-order valence-corrected chi connectivity index (χ3v) is 5.98. The molecule has 2 aromatic carbocycles. The largest absolute Gasteiger partial charge is 0.375 e. The number of benzene rings is 2. The van der Waals surface area contributed by atoms with Crippen molar-refractivity contribution in [3.8, 4) is 0 Å². The topological polar surface area (TPSA) is 57.6 Å². The lowest BCUT2D eigenvalue weighted by Gasteiger charge is -2.34. The number of carbonyl (C=O) groups is 2. The second kappa shape index (κ2) is 6.32. The molecule has 4 rings (SSSR count). The molecule has 0 fully saturated rings. The third-order valence-electron chi connectivity index (χ3n) is 5.48. The zero-order chi connectivity index (χ0) is 18.5. The number of halogens is 1. The third kappa shape index (κ3) is 2.37. The van der Waals surface area contributed by atoms with Crippen LogP contribution >= 0.6 is 15.9 Å². The Morgan fingerprint density at radius 2 is 2.00 bits per heavy atom. The highest BCUT2D eigenvalue weighted by Gasteiger charge is 2.57. The number of amides is 1. The molecule has 26 heavy (non-hydrogen) atoms. The molecule has 5 heteroatoms. The summed E-state index contributed by atoms with van der Waals surface area (Å²) in [6.45, 7) is 2.51. The molecule has 0 bridgehead atoms. The van der Waals surface area contributed by atoms with Gasteiger partial charge in [-0.15, -0.1) is 0 Å². The fourth-order valence-corrected chi connectivity index (χ4v) is 4.62. The average Bonchev–Trinajstić information content (AvgIpc) is 2.85. The number of hydrogen-bond acceptors (Lipinski definition) is 3. The Kier molecular flexibility index (Phi) is 4.24. The normalized spacial score (nSPS) is 24.6. The number of carbonyl (C=O) groups excluding carboxylic acids is 2. The van der Waals surface area contributed by atoms with Crippen molar-refractivity contribution < 1.29 is 14.7 Å². The maximum Gasteiger partial charge on any atom is 0.264 e. The highest BCUT2D eigenvalue weighted by molar-refractivity contribution is 9.10. The zero-order valence-corrected chi connectivity index (χ0v) is 16.1. The molecule has 4 nitrogen and oxygen atoms in total. The van der Waals surface area contributed by atoms with Crippen LogP contribution in [0.3, 0.4) is 0 Å². The number of rotatable bonds is 3. The Morgan fingerprint density at radius 1 is 1.23 bits per heavy atom. The summed E-state index contributed by atoms with van der Waals surface area (Å²) < 4.78 is 0.782. The minimum atomic E-state index is -1.81. The molecular formula is C21H20BrNO3. The lowest BCUT2D eigenvalue weighted by Crippen LogP contribution is -2.49. The summed E-state index contributed by atoms with van der Waals surface area (Å²) in [7, 11) is 0. The van der Waals surface area contributed by atoms with Crippen molar-refractivity contribution in [2.24, 2.45) is 5.92 Å². The van der Waals surface area contributed by atoms with Gasteiger partial charge in [0, 0.05) is 22.1 Å². The van der Waals surface area contributed by atoms with Crippen LogP contribution in [0, 0.1) is 5.92 Å². The molecule has 2 atom stereocenters. The van der Waals surface area contributed by atoms with E-state index in [-0.39, 0.29) is 11.7 Å². The highest BCUT2D eigenvalue weighted by Crippen LogP contribution is 2.49. The van der Waals surface area contributed by atoms with Gasteiger partial charge in [-0.25, -0.2) is 0 Å². The van der Waals surface area contributed by atoms with Crippen molar-refractivity contribution in [3.05, 3.63) is 63.6 Å². The van der Waals surface area contributed by atoms with Crippen molar-refractivity contribution in [1.82, 2.24) is 0 Å². The lowest BCUT2D eigenvalue weighted by molar-refractivity contribution is -0.140. The number of nitrogens with zero attached hydrogens (tertiary/aromatic N) is 1. The van der Waals surface area contributed by atoms with E-state index >= 15 is 0 Å². The van der Waals surface area contributed by atoms with E-state index in [1.807, 2.05) is 37.3 Å². The summed E-state index contributed by atoms with van der Waals surface area (Å²) in [6.07, 6.45) is 1.92. The molecule has 1 amide bonds. The molecule has 1 heterocycles. The Morgan fingerprint density at radius 3 is 2.77 bits per heavy atom. The average molecular weight is 414 g/mol. The van der Waals surface area contributed by atoms with Gasteiger partial charge in [-0.2, -0.15) is 0 Å². The molecule has 0 aromatic heterocycles. The van der Waals surface area contributed by atoms with Crippen LogP contribution in [0.4, 0.5) is 5.69 Å². The molecule has 2 aliphatic rings. The van der Waals surface area contributed by atoms with E-state index in [1.54, 1.807) is 17.0 Å². The zero-order valence-electron chi connectivity index (χ0n) is 14.5. The summed E-state index contributed by atoms with van der Waals surface area (Å²) >= 11 is 3.43. The van der Waals surface area contributed by atoms with E-state index in [0.717, 1.165) is 16.5 Å². The molecular weight excluding hydrogens is 394 g/mol. The molecule has 0 saturated carbocycles. The van der Waals surface area contributed by atoms with Crippen LogP contribution in [-0.4, -0.2) is 23.3 Å². The number of hydrogen-bond donors (Lipinski definition) is 1. The van der Waals surface area contributed by atoms with Crippen LogP contribution in [0.15, 0.2) is 46.9 Å². The van der Waals surface area contributed by atoms with E-state index in [0.29, 0.717) is 36.2 Å². The first-order valence-corrected chi connectivity index (χ1v) is 9.74. The van der Waals surface area contributed by atoms with Gasteiger partial charge in [0.05, 0.1) is 11.6 Å². The Bertz CT molecular complexity index is 910. The quantitative estimate of drug-likeness (QED) is 0.831. The van der Waals surface area contributed by atoms with Gasteiger partial charge in [-0.1, -0.05) is 47.1 Å². The molecule has 1 aliphatic carbocycles. The first kappa shape index (κ1) is 17.4. The maximum absolute atomic E-state index is 13.3. The summed E-state index contributed by atoms with van der Waals surface area (Å²) in [5.74, 6) is -1.29. The van der Waals surface area contributed by atoms with E-state index < -0.39 is 11.5 Å². The van der Waals surface area contributed by atoms with Crippen molar-refractivity contribution >= 4 is 33.3 Å². The number of ketones is 1. The van der Waals surface area contributed by atoms with Gasteiger partial charge in [0.25, 0.3) is 5.91 Å². The summed E-state index contributed by atoms with van der Waals surface area (Å²) in [6, 6.07) is 12.9. The Labute approximate surface area is 161 Å². The molecule has 0 spiro atoms. The van der Waals surface area contributed by atoms with E-state index in [4.69, 9.17) is 0 Å². The van der Waals surface area contributed by atoms with Gasteiger partial charge in [0.15, 0.2) is 11.4 Å². The van der Waals surface area contributed by atoms with Crippen molar-refractivity contribution in [2.45, 2.75) is 31.8 Å². The SMILES string of the molecule is CCCN1C(=O)[C@@](O)([C@@H]2CCc3ccccc3C2=O)c2cc(Br)ccc21. The smallest absolute Gasteiger partial charge is 0.264 e. The number of fused-ring (bicyclic) bond motifs is 2. The van der Waals surface area contributed by atoms with Crippen molar-refractivity contribution in [1.29, 1.82) is 0 Å². The van der Waals surface area contributed by atoms with Gasteiger partial charge < -0.3 is 10.0 Å². The second-order valence-corrected chi connectivity index (χ2v) is 7.91. The van der Waals surface area contributed by atoms with Gasteiger partial charge >= 0.3 is 0 Å². The molecule has 1 aliphatic heterocycles. The number of aryl methyl sites for hydroxylation is 1. The van der Waals surface area contributed by atoms with Crippen LogP contribution in [-0.2, 0) is 16.8 Å². The molecule has 2 aromatic rings. The predicted octanol–water partition coefficient (Wildman–Crippen LogP) is 3.84. The summed E-state index contributed by atoms with van der Waals surface area (Å²) in [5, 5.41) is 11.6. The fraction of sp³-hybridized carbons (Fsp3) is 0.333. The number of anilines is 1. The first-order valence-electron chi connectivity index (χ1n) is 8.95. The van der Waals surface area contributed by atoms with Crippen LogP contribution in [0.2, 0.25) is 0 Å². The van der Waals surface area contributed by atoms with Gasteiger partial charge in [0.2, 0.25) is 0 Å². The van der Waals surface area contributed by atoms with Gasteiger partial charge in [-0.05, 0) is 43.0 Å². The molecule has 0 saturated heterocycles. The fourth-order valence-electron chi connectivity index (χ4n) is 4.26. The van der Waals surface area contributed by atoms with Crippen LogP contribution in [0.1, 0.15) is 41.3 Å². The minimum Gasteiger partial charge on any atom is -0.375 e. The maximum atomic E-state index is 13.3. The highest BCUT2D eigenvalue weighted by atomic mass is 79.9. The van der Waals surface area contributed by atoms with E-state index in [9.17, 15) is 14.7 Å². The Hall–Kier alpha value is -1.98. The van der Waals surface area contributed by atoms with Crippen LogP contribution in [0.5, 0.6) is 0 Å². The standard InChI is InChI=1S/C21H20BrNO3/c1-2-11-23-18-10-8-14(22)12-17(18)21(26,20(23)25)16-9-7-13-5-3-4-6-15(13)19(16)24/h3-6,8,10,12,16,26H,2,7,9,11H2,1H3/t16-,21-/m1/s1. The monoisotopic (exact) mass is 413 g/mol. The summed E-state index contributed by atoms with van der Waals surface area (Å²) in [5.41, 5.74) is 1.04. The number of aliphatic hydroxyl groups is 1. The predicted molar refractivity (Wildman–Crippen MR) is 103 cm³/mol.